The van der Waals surface area contributed by atoms with E-state index in [0.29, 0.717) is 11.6 Å². The summed E-state index contributed by atoms with van der Waals surface area (Å²) in [5.74, 6) is 1.60. The van der Waals surface area contributed by atoms with Gasteiger partial charge in [0, 0.05) is 30.1 Å². The highest BCUT2D eigenvalue weighted by molar-refractivity contribution is 5.86. The molecule has 1 atom stereocenters. The topological polar surface area (TPSA) is 53.4 Å². The molecule has 0 spiro atoms. The quantitative estimate of drug-likeness (QED) is 0.636. The van der Waals surface area contributed by atoms with Crippen LogP contribution in [0.4, 0.5) is 0 Å². The maximum Gasteiger partial charge on any atom is 0.237 e. The number of pyridine rings is 1. The molecule has 0 aliphatic carbocycles. The summed E-state index contributed by atoms with van der Waals surface area (Å²) in [6.45, 7) is 5.62. The van der Waals surface area contributed by atoms with E-state index in [-0.39, 0.29) is 5.78 Å². The van der Waals surface area contributed by atoms with E-state index in [9.17, 15) is 4.79 Å². The number of hydrogen-bond donors (Lipinski definition) is 0. The third-order valence-electron chi connectivity index (χ3n) is 3.78. The highest BCUT2D eigenvalue weighted by atomic mass is 16.5. The summed E-state index contributed by atoms with van der Waals surface area (Å²) >= 11 is 0. The Bertz CT molecular complexity index is 852. The molecule has 0 aliphatic heterocycles. The molecule has 26 heavy (non-hydrogen) atoms. The van der Waals surface area contributed by atoms with E-state index in [0.717, 1.165) is 5.75 Å². The van der Waals surface area contributed by atoms with Gasteiger partial charge >= 0.3 is 0 Å². The van der Waals surface area contributed by atoms with Gasteiger partial charge in [0.15, 0.2) is 5.78 Å². The minimum atomic E-state index is -0.788. The minimum Gasteiger partial charge on any atom is -0.457 e. The molecule has 0 radical (unpaired) electrons. The number of nitrogens with zero attached hydrogens (tertiary/aromatic N) is 2. The molecule has 134 valence electrons. The molecule has 0 saturated heterocycles. The van der Waals surface area contributed by atoms with Gasteiger partial charge in [-0.1, -0.05) is 39.0 Å². The standard InChI is InChI=1S/C21H22N2O3/c1-21(2,3)19(24)20(23-13-7-8-14-23)26-18-15-17(11-12-22-18)25-16-9-5-4-6-10-16/h4-15,20H,1-3H3. The minimum absolute atomic E-state index is 0.0371. The highest BCUT2D eigenvalue weighted by Crippen LogP contribution is 2.28. The molecule has 0 bridgehead atoms. The van der Waals surface area contributed by atoms with E-state index in [4.69, 9.17) is 9.47 Å². The van der Waals surface area contributed by atoms with Crippen LogP contribution in [0.2, 0.25) is 0 Å². The second-order valence-corrected chi connectivity index (χ2v) is 6.96. The number of rotatable bonds is 6. The fraction of sp³-hybridized carbons (Fsp3) is 0.238. The average Bonchev–Trinajstić information content (AvgIpc) is 3.14. The molecule has 5 heteroatoms. The molecule has 2 heterocycles. The fourth-order valence-electron chi connectivity index (χ4n) is 2.38. The summed E-state index contributed by atoms with van der Waals surface area (Å²) < 4.78 is 13.5. The van der Waals surface area contributed by atoms with Crippen LogP contribution in [0, 0.1) is 5.41 Å². The Morgan fingerprint density at radius 3 is 2.35 bits per heavy atom. The van der Waals surface area contributed by atoms with Crippen molar-refractivity contribution in [1.29, 1.82) is 0 Å². The van der Waals surface area contributed by atoms with Gasteiger partial charge in [0.05, 0.1) is 0 Å². The zero-order chi connectivity index (χ0) is 18.6. The van der Waals surface area contributed by atoms with E-state index in [1.165, 1.54) is 0 Å². The number of carbonyl (C=O) groups is 1. The first-order chi connectivity index (χ1) is 12.4. The largest absolute Gasteiger partial charge is 0.457 e. The smallest absolute Gasteiger partial charge is 0.237 e. The molecule has 0 saturated carbocycles. The summed E-state index contributed by atoms with van der Waals surface area (Å²) in [6, 6.07) is 16.6. The SMILES string of the molecule is CC(C)(C)C(=O)C(Oc1cc(Oc2ccccc2)ccn1)n1cccc1. The van der Waals surface area contributed by atoms with E-state index in [1.54, 1.807) is 35.3 Å². The third-order valence-corrected chi connectivity index (χ3v) is 3.78. The normalized spacial score (nSPS) is 12.4. The van der Waals surface area contributed by atoms with Crippen LogP contribution >= 0.6 is 0 Å². The Balaban J connectivity index is 1.83. The van der Waals surface area contributed by atoms with Gasteiger partial charge in [0.2, 0.25) is 12.1 Å². The first kappa shape index (κ1) is 17.7. The molecule has 1 aromatic carbocycles. The van der Waals surface area contributed by atoms with E-state index in [1.807, 2.05) is 63.2 Å². The molecule has 3 rings (SSSR count). The van der Waals surface area contributed by atoms with E-state index in [2.05, 4.69) is 4.98 Å². The maximum atomic E-state index is 12.8. The Hall–Kier alpha value is -3.08. The summed E-state index contributed by atoms with van der Waals surface area (Å²) in [7, 11) is 0. The number of carbonyl (C=O) groups excluding carboxylic acids is 1. The number of ether oxygens (including phenoxy) is 2. The van der Waals surface area contributed by atoms with Gasteiger partial charge in [-0.3, -0.25) is 4.79 Å². The van der Waals surface area contributed by atoms with Gasteiger partial charge in [-0.15, -0.1) is 0 Å². The first-order valence-corrected chi connectivity index (χ1v) is 8.46. The number of hydrogen-bond acceptors (Lipinski definition) is 4. The Labute approximate surface area is 153 Å². The summed E-state index contributed by atoms with van der Waals surface area (Å²) in [6.07, 6.45) is 4.42. The molecule has 2 aromatic heterocycles. The number of benzene rings is 1. The van der Waals surface area contributed by atoms with Crippen molar-refractivity contribution in [2.75, 3.05) is 0 Å². The van der Waals surface area contributed by atoms with Gasteiger partial charge in [0.1, 0.15) is 11.5 Å². The predicted octanol–water partition coefficient (Wildman–Crippen LogP) is 4.87. The van der Waals surface area contributed by atoms with Crippen molar-refractivity contribution in [3.63, 3.8) is 0 Å². The number of para-hydroxylation sites is 1. The predicted molar refractivity (Wildman–Crippen MR) is 99.3 cm³/mol. The summed E-state index contributed by atoms with van der Waals surface area (Å²) in [5.41, 5.74) is -0.549. The van der Waals surface area contributed by atoms with E-state index >= 15 is 0 Å². The molecule has 0 aliphatic rings. The van der Waals surface area contributed by atoms with Crippen molar-refractivity contribution < 1.29 is 14.3 Å². The van der Waals surface area contributed by atoms with Gasteiger partial charge in [-0.2, -0.15) is 0 Å². The lowest BCUT2D eigenvalue weighted by Crippen LogP contribution is -2.33. The molecule has 0 N–H and O–H groups in total. The molecule has 0 amide bonds. The number of Topliss-reactive ketones (excluding diaryl/α,β-unsaturated/α-hetero) is 1. The maximum absolute atomic E-state index is 12.8. The molecule has 0 fully saturated rings. The highest BCUT2D eigenvalue weighted by Gasteiger charge is 2.32. The van der Waals surface area contributed by atoms with Crippen LogP contribution in [0.1, 0.15) is 27.0 Å². The van der Waals surface area contributed by atoms with Crippen LogP contribution in [0.5, 0.6) is 17.4 Å². The van der Waals surface area contributed by atoms with Crippen molar-refractivity contribution in [2.45, 2.75) is 27.0 Å². The van der Waals surface area contributed by atoms with Gasteiger partial charge in [0.25, 0.3) is 0 Å². The lowest BCUT2D eigenvalue weighted by Gasteiger charge is -2.26. The zero-order valence-electron chi connectivity index (χ0n) is 15.1. The van der Waals surface area contributed by atoms with E-state index < -0.39 is 11.6 Å². The van der Waals surface area contributed by atoms with Gasteiger partial charge < -0.3 is 14.0 Å². The monoisotopic (exact) mass is 350 g/mol. The van der Waals surface area contributed by atoms with Crippen LogP contribution < -0.4 is 9.47 Å². The zero-order valence-corrected chi connectivity index (χ0v) is 15.1. The van der Waals surface area contributed by atoms with Gasteiger partial charge in [-0.25, -0.2) is 4.98 Å². The molecule has 5 nitrogen and oxygen atoms in total. The first-order valence-electron chi connectivity index (χ1n) is 8.46. The van der Waals surface area contributed by atoms with Crippen molar-refractivity contribution in [3.8, 4) is 17.4 Å². The molecule has 3 aromatic rings. The number of aromatic nitrogens is 2. The molecular formula is C21H22N2O3. The van der Waals surface area contributed by atoms with Crippen molar-refractivity contribution in [2.24, 2.45) is 5.41 Å². The fourth-order valence-corrected chi connectivity index (χ4v) is 2.38. The van der Waals surface area contributed by atoms with Crippen LogP contribution in [0.25, 0.3) is 0 Å². The third kappa shape index (κ3) is 4.30. The Kier molecular flexibility index (Phi) is 5.07. The van der Waals surface area contributed by atoms with Gasteiger partial charge in [-0.05, 0) is 30.3 Å². The second kappa shape index (κ2) is 7.44. The van der Waals surface area contributed by atoms with Crippen LogP contribution in [0.3, 0.4) is 0 Å². The average molecular weight is 350 g/mol. The lowest BCUT2D eigenvalue weighted by molar-refractivity contribution is -0.137. The molecular weight excluding hydrogens is 328 g/mol. The lowest BCUT2D eigenvalue weighted by atomic mass is 9.89. The Morgan fingerprint density at radius 2 is 1.69 bits per heavy atom. The van der Waals surface area contributed by atoms with Crippen LogP contribution in [-0.4, -0.2) is 15.3 Å². The second-order valence-electron chi connectivity index (χ2n) is 6.96. The summed E-state index contributed by atoms with van der Waals surface area (Å²) in [4.78, 5) is 17.1. The summed E-state index contributed by atoms with van der Waals surface area (Å²) in [5, 5.41) is 0. The van der Waals surface area contributed by atoms with Crippen molar-refractivity contribution >= 4 is 5.78 Å². The van der Waals surface area contributed by atoms with Crippen molar-refractivity contribution in [1.82, 2.24) is 9.55 Å². The van der Waals surface area contributed by atoms with Crippen LogP contribution in [-0.2, 0) is 4.79 Å². The Morgan fingerprint density at radius 1 is 1.00 bits per heavy atom. The molecule has 1 unspecified atom stereocenters. The van der Waals surface area contributed by atoms with Crippen LogP contribution in [0.15, 0.2) is 73.2 Å². The van der Waals surface area contributed by atoms with Crippen molar-refractivity contribution in [3.05, 3.63) is 73.2 Å². The number of ketones is 1.